The largest absolute Gasteiger partial charge is 0.339 e. The highest BCUT2D eigenvalue weighted by atomic mass is 16.2. The molecule has 1 aliphatic heterocycles. The number of carbonyl (C=O) groups is 1. The third kappa shape index (κ3) is 4.45. The third-order valence-electron chi connectivity index (χ3n) is 5.35. The van der Waals surface area contributed by atoms with Gasteiger partial charge < -0.3 is 4.90 Å². The zero-order chi connectivity index (χ0) is 17.0. The van der Waals surface area contributed by atoms with Crippen molar-refractivity contribution in [1.82, 2.24) is 14.7 Å². The predicted molar refractivity (Wildman–Crippen MR) is 91.9 cm³/mol. The highest BCUT2D eigenvalue weighted by Gasteiger charge is 2.32. The number of carbonyl (C=O) groups excluding carboxylic acids is 1. The summed E-state index contributed by atoms with van der Waals surface area (Å²) in [5.74, 6) is 0.584. The monoisotopic (exact) mass is 320 g/mol. The van der Waals surface area contributed by atoms with E-state index >= 15 is 0 Å². The minimum absolute atomic E-state index is 0.0330. The van der Waals surface area contributed by atoms with Gasteiger partial charge in [0.15, 0.2) is 0 Å². The van der Waals surface area contributed by atoms with Crippen LogP contribution in [0.1, 0.15) is 47.0 Å². The van der Waals surface area contributed by atoms with Gasteiger partial charge in [-0.1, -0.05) is 20.3 Å². The van der Waals surface area contributed by atoms with Crippen LogP contribution >= 0.6 is 0 Å². The molecule has 1 saturated heterocycles. The minimum Gasteiger partial charge on any atom is -0.339 e. The second-order valence-electron chi connectivity index (χ2n) is 7.59. The first kappa shape index (κ1) is 18.2. The average Bonchev–Trinajstić information content (AvgIpc) is 2.45. The lowest BCUT2D eigenvalue weighted by molar-refractivity contribution is -0.136. The molecule has 0 N–H and O–H groups in total. The fourth-order valence-electron chi connectivity index (χ4n) is 3.61. The van der Waals surface area contributed by atoms with Crippen LogP contribution in [0.3, 0.4) is 0 Å². The Morgan fingerprint density at radius 2 is 1.78 bits per heavy atom. The molecule has 1 amide bonds. The first-order valence-corrected chi connectivity index (χ1v) is 9.11. The molecule has 1 saturated carbocycles. The van der Waals surface area contributed by atoms with Crippen LogP contribution in [0.15, 0.2) is 0 Å². The lowest BCUT2D eigenvalue weighted by Crippen LogP contribution is -2.56. The molecular formula is C18H32N4O. The Labute approximate surface area is 141 Å². The highest BCUT2D eigenvalue weighted by Crippen LogP contribution is 2.26. The van der Waals surface area contributed by atoms with E-state index in [1.165, 1.54) is 19.3 Å². The number of rotatable bonds is 6. The molecule has 1 aliphatic carbocycles. The Balaban J connectivity index is 1.84. The fourth-order valence-corrected chi connectivity index (χ4v) is 3.61. The second-order valence-corrected chi connectivity index (χ2v) is 7.59. The van der Waals surface area contributed by atoms with E-state index < -0.39 is 0 Å². The van der Waals surface area contributed by atoms with Crippen molar-refractivity contribution in [1.29, 1.82) is 5.26 Å². The average molecular weight is 320 g/mol. The van der Waals surface area contributed by atoms with Gasteiger partial charge in [-0.2, -0.15) is 5.26 Å². The van der Waals surface area contributed by atoms with E-state index in [0.717, 1.165) is 26.2 Å². The van der Waals surface area contributed by atoms with Crippen molar-refractivity contribution in [3.8, 4) is 6.07 Å². The molecule has 1 atom stereocenters. The molecule has 2 fully saturated rings. The number of nitrogens with zero attached hydrogens (tertiary/aromatic N) is 4. The Kier molecular flexibility index (Phi) is 6.43. The van der Waals surface area contributed by atoms with Gasteiger partial charge in [0, 0.05) is 38.3 Å². The Bertz CT molecular complexity index is 431. The van der Waals surface area contributed by atoms with Crippen LogP contribution in [0.4, 0.5) is 0 Å². The Morgan fingerprint density at radius 3 is 2.17 bits per heavy atom. The van der Waals surface area contributed by atoms with Crippen LogP contribution in [-0.4, -0.2) is 71.5 Å². The standard InChI is InChI=1S/C18H32N4O/c1-14(2)17(12-19)20-8-10-21(11-9-20)18(23)13-22(15(3)4)16-6-5-7-16/h14-17H,5-11,13H2,1-4H3. The Hall–Kier alpha value is -1.12. The maximum atomic E-state index is 12.6. The quantitative estimate of drug-likeness (QED) is 0.750. The van der Waals surface area contributed by atoms with Crippen LogP contribution in [0, 0.1) is 17.2 Å². The summed E-state index contributed by atoms with van der Waals surface area (Å²) in [6.45, 7) is 12.2. The summed E-state index contributed by atoms with van der Waals surface area (Å²) in [4.78, 5) is 19.2. The molecule has 1 heterocycles. The minimum atomic E-state index is -0.0330. The number of hydrogen-bond acceptors (Lipinski definition) is 4. The van der Waals surface area contributed by atoms with Gasteiger partial charge in [0.25, 0.3) is 0 Å². The SMILES string of the molecule is CC(C)C(C#N)N1CCN(C(=O)CN(C(C)C)C2CCC2)CC1. The first-order valence-electron chi connectivity index (χ1n) is 9.11. The normalized spacial score (nSPS) is 21.6. The number of hydrogen-bond donors (Lipinski definition) is 0. The van der Waals surface area contributed by atoms with Crippen molar-refractivity contribution >= 4 is 5.91 Å². The van der Waals surface area contributed by atoms with Crippen molar-refractivity contribution in [3.05, 3.63) is 0 Å². The molecule has 0 aromatic carbocycles. The molecule has 2 aliphatic rings. The molecule has 0 spiro atoms. The lowest BCUT2D eigenvalue weighted by atomic mass is 9.90. The maximum Gasteiger partial charge on any atom is 0.236 e. The molecular weight excluding hydrogens is 288 g/mol. The summed E-state index contributed by atoms with van der Waals surface area (Å²) in [5, 5.41) is 9.32. The molecule has 130 valence electrons. The predicted octanol–water partition coefficient (Wildman–Crippen LogP) is 1.94. The van der Waals surface area contributed by atoms with Gasteiger partial charge in [0.2, 0.25) is 5.91 Å². The molecule has 0 aromatic rings. The van der Waals surface area contributed by atoms with Crippen molar-refractivity contribution < 1.29 is 4.79 Å². The number of nitriles is 1. The van der Waals surface area contributed by atoms with E-state index in [2.05, 4.69) is 43.6 Å². The summed E-state index contributed by atoms with van der Waals surface area (Å²) in [6, 6.07) is 3.40. The van der Waals surface area contributed by atoms with Gasteiger partial charge >= 0.3 is 0 Å². The van der Waals surface area contributed by atoms with Gasteiger partial charge in [-0.05, 0) is 32.6 Å². The van der Waals surface area contributed by atoms with Crippen LogP contribution in [-0.2, 0) is 4.79 Å². The summed E-state index contributed by atoms with van der Waals surface area (Å²) >= 11 is 0. The number of amides is 1. The number of piperazine rings is 1. The Morgan fingerprint density at radius 1 is 1.17 bits per heavy atom. The molecule has 0 bridgehead atoms. The van der Waals surface area contributed by atoms with Crippen LogP contribution < -0.4 is 0 Å². The summed E-state index contributed by atoms with van der Waals surface area (Å²) in [7, 11) is 0. The summed E-state index contributed by atoms with van der Waals surface area (Å²) in [5.41, 5.74) is 0. The lowest BCUT2D eigenvalue weighted by Gasteiger charge is -2.42. The van der Waals surface area contributed by atoms with Crippen LogP contribution in [0.2, 0.25) is 0 Å². The first-order chi connectivity index (χ1) is 10.9. The molecule has 5 nitrogen and oxygen atoms in total. The summed E-state index contributed by atoms with van der Waals surface area (Å²) < 4.78 is 0. The van der Waals surface area contributed by atoms with E-state index in [0.29, 0.717) is 24.5 Å². The fraction of sp³-hybridized carbons (Fsp3) is 0.889. The van der Waals surface area contributed by atoms with E-state index in [4.69, 9.17) is 0 Å². The molecule has 5 heteroatoms. The maximum absolute atomic E-state index is 12.6. The molecule has 23 heavy (non-hydrogen) atoms. The second kappa shape index (κ2) is 8.12. The molecule has 0 radical (unpaired) electrons. The third-order valence-corrected chi connectivity index (χ3v) is 5.35. The van der Waals surface area contributed by atoms with Crippen molar-refractivity contribution in [3.63, 3.8) is 0 Å². The molecule has 2 rings (SSSR count). The molecule has 0 aromatic heterocycles. The van der Waals surface area contributed by atoms with Gasteiger partial charge in [-0.15, -0.1) is 0 Å². The van der Waals surface area contributed by atoms with Gasteiger partial charge in [-0.25, -0.2) is 0 Å². The zero-order valence-corrected chi connectivity index (χ0v) is 15.2. The highest BCUT2D eigenvalue weighted by molar-refractivity contribution is 5.78. The van der Waals surface area contributed by atoms with Gasteiger partial charge in [0.05, 0.1) is 12.6 Å². The van der Waals surface area contributed by atoms with E-state index in [1.54, 1.807) is 0 Å². The smallest absolute Gasteiger partial charge is 0.236 e. The van der Waals surface area contributed by atoms with Crippen LogP contribution in [0.25, 0.3) is 0 Å². The molecule has 1 unspecified atom stereocenters. The zero-order valence-electron chi connectivity index (χ0n) is 15.2. The summed E-state index contributed by atoms with van der Waals surface area (Å²) in [6.07, 6.45) is 3.76. The van der Waals surface area contributed by atoms with Gasteiger partial charge in [-0.3, -0.25) is 14.6 Å². The topological polar surface area (TPSA) is 50.6 Å². The van der Waals surface area contributed by atoms with E-state index in [1.807, 2.05) is 4.90 Å². The van der Waals surface area contributed by atoms with Crippen molar-refractivity contribution in [2.75, 3.05) is 32.7 Å². The van der Waals surface area contributed by atoms with Crippen LogP contribution in [0.5, 0.6) is 0 Å². The van der Waals surface area contributed by atoms with Crippen molar-refractivity contribution in [2.45, 2.75) is 65.1 Å². The van der Waals surface area contributed by atoms with Crippen molar-refractivity contribution in [2.24, 2.45) is 5.92 Å². The van der Waals surface area contributed by atoms with E-state index in [-0.39, 0.29) is 11.9 Å². The van der Waals surface area contributed by atoms with E-state index in [9.17, 15) is 10.1 Å². The van der Waals surface area contributed by atoms with Gasteiger partial charge in [0.1, 0.15) is 6.04 Å².